The van der Waals surface area contributed by atoms with Crippen molar-refractivity contribution < 1.29 is 23.1 Å². The first-order chi connectivity index (χ1) is 9.79. The fourth-order valence-corrected chi connectivity index (χ4v) is 2.62. The number of nitrogens with two attached hydrogens (primary N) is 1. The molecule has 0 atom stereocenters. The molecule has 5 N–H and O–H groups in total. The standard InChI is InChI=1S/C9H10N6O5S/c10-7(16)4-15-3-5(1-12-15)14-21(19,20)8-6(9(17)18)2-11-13-8/h1-3,14H,4H2,(H2,10,16)(H,11,13)(H,17,18). The number of nitrogens with one attached hydrogen (secondary N) is 2. The van der Waals surface area contributed by atoms with Crippen LogP contribution < -0.4 is 10.5 Å². The molecule has 2 aromatic heterocycles. The molecule has 0 aliphatic rings. The van der Waals surface area contributed by atoms with Gasteiger partial charge in [-0.25, -0.2) is 4.79 Å². The predicted octanol–water partition coefficient (Wildman–Crippen LogP) is -1.41. The van der Waals surface area contributed by atoms with Crippen LogP contribution in [0.4, 0.5) is 5.69 Å². The molecule has 0 bridgehead atoms. The molecule has 0 aliphatic heterocycles. The van der Waals surface area contributed by atoms with Gasteiger partial charge in [-0.05, 0) is 0 Å². The number of aromatic carboxylic acids is 1. The quantitative estimate of drug-likeness (QED) is 0.506. The number of rotatable bonds is 6. The van der Waals surface area contributed by atoms with Crippen molar-refractivity contribution in [1.82, 2.24) is 20.0 Å². The van der Waals surface area contributed by atoms with Gasteiger partial charge in [0.25, 0.3) is 10.0 Å². The third-order valence-corrected chi connectivity index (χ3v) is 3.66. The van der Waals surface area contributed by atoms with Crippen LogP contribution in [0, 0.1) is 0 Å². The number of anilines is 1. The lowest BCUT2D eigenvalue weighted by molar-refractivity contribution is -0.118. The third-order valence-electron chi connectivity index (χ3n) is 2.31. The van der Waals surface area contributed by atoms with Crippen molar-refractivity contribution in [3.8, 4) is 0 Å². The number of nitrogens with zero attached hydrogens (tertiary/aromatic N) is 3. The number of carbonyl (C=O) groups excluding carboxylic acids is 1. The number of carboxylic acid groups (broad SMARTS) is 1. The monoisotopic (exact) mass is 314 g/mol. The minimum Gasteiger partial charge on any atom is -0.478 e. The topological polar surface area (TPSA) is 173 Å². The Kier molecular flexibility index (Phi) is 3.62. The highest BCUT2D eigenvalue weighted by Crippen LogP contribution is 2.16. The Morgan fingerprint density at radius 2 is 2.14 bits per heavy atom. The highest BCUT2D eigenvalue weighted by atomic mass is 32.2. The number of hydrogen-bond acceptors (Lipinski definition) is 6. The molecule has 0 unspecified atom stereocenters. The van der Waals surface area contributed by atoms with Gasteiger partial charge in [-0.1, -0.05) is 0 Å². The Morgan fingerprint density at radius 1 is 1.43 bits per heavy atom. The predicted molar refractivity (Wildman–Crippen MR) is 67.8 cm³/mol. The lowest BCUT2D eigenvalue weighted by Crippen LogP contribution is -2.19. The molecule has 0 aliphatic carbocycles. The number of carbonyl (C=O) groups is 2. The summed E-state index contributed by atoms with van der Waals surface area (Å²) in [6.45, 7) is -0.216. The molecule has 21 heavy (non-hydrogen) atoms. The van der Waals surface area contributed by atoms with Gasteiger partial charge in [-0.3, -0.25) is 19.3 Å². The first-order valence-electron chi connectivity index (χ1n) is 5.40. The summed E-state index contributed by atoms with van der Waals surface area (Å²) in [6, 6.07) is 0. The van der Waals surface area contributed by atoms with E-state index >= 15 is 0 Å². The maximum Gasteiger partial charge on any atom is 0.340 e. The molecule has 12 heteroatoms. The van der Waals surface area contributed by atoms with Crippen molar-refractivity contribution in [3.63, 3.8) is 0 Å². The van der Waals surface area contributed by atoms with Crippen LogP contribution in [0.2, 0.25) is 0 Å². The number of primary amides is 1. The molecule has 112 valence electrons. The zero-order valence-electron chi connectivity index (χ0n) is 10.3. The molecule has 11 nitrogen and oxygen atoms in total. The lowest BCUT2D eigenvalue weighted by atomic mass is 10.4. The summed E-state index contributed by atoms with van der Waals surface area (Å²) in [5.74, 6) is -2.08. The average molecular weight is 314 g/mol. The number of amides is 1. The van der Waals surface area contributed by atoms with Crippen molar-refractivity contribution in [1.29, 1.82) is 0 Å². The number of aromatic nitrogens is 4. The number of aromatic amines is 1. The van der Waals surface area contributed by atoms with E-state index in [4.69, 9.17) is 10.8 Å². The Balaban J connectivity index is 2.25. The summed E-state index contributed by atoms with van der Waals surface area (Å²) in [7, 11) is -4.18. The van der Waals surface area contributed by atoms with Gasteiger partial charge in [-0.15, -0.1) is 0 Å². The lowest BCUT2D eigenvalue weighted by Gasteiger charge is -2.04. The second-order valence-corrected chi connectivity index (χ2v) is 5.54. The molecule has 2 rings (SSSR count). The van der Waals surface area contributed by atoms with E-state index in [9.17, 15) is 18.0 Å². The molecular weight excluding hydrogens is 304 g/mol. The molecular formula is C9H10N6O5S. The van der Waals surface area contributed by atoms with E-state index in [1.54, 1.807) is 0 Å². The van der Waals surface area contributed by atoms with E-state index in [1.165, 1.54) is 6.20 Å². The largest absolute Gasteiger partial charge is 0.478 e. The van der Waals surface area contributed by atoms with Crippen LogP contribution in [0.3, 0.4) is 0 Å². The highest BCUT2D eigenvalue weighted by molar-refractivity contribution is 7.92. The van der Waals surface area contributed by atoms with Crippen molar-refractivity contribution >= 4 is 27.6 Å². The number of H-pyrrole nitrogens is 1. The van der Waals surface area contributed by atoms with Crippen molar-refractivity contribution in [3.05, 3.63) is 24.2 Å². The summed E-state index contributed by atoms with van der Waals surface area (Å²) >= 11 is 0. The molecule has 0 fully saturated rings. The Bertz CT molecular complexity index is 791. The molecule has 0 aromatic carbocycles. The Morgan fingerprint density at radius 3 is 2.76 bits per heavy atom. The fraction of sp³-hybridized carbons (Fsp3) is 0.111. The van der Waals surface area contributed by atoms with E-state index in [1.807, 2.05) is 0 Å². The van der Waals surface area contributed by atoms with E-state index in [2.05, 4.69) is 20.0 Å². The molecule has 0 saturated carbocycles. The second kappa shape index (κ2) is 5.24. The van der Waals surface area contributed by atoms with Gasteiger partial charge in [0.15, 0.2) is 5.03 Å². The minimum absolute atomic E-state index is 0.0437. The number of carboxylic acids is 1. The van der Waals surface area contributed by atoms with Crippen molar-refractivity contribution in [2.75, 3.05) is 4.72 Å². The number of sulfonamides is 1. The van der Waals surface area contributed by atoms with Gasteiger partial charge in [0.05, 0.1) is 18.1 Å². The summed E-state index contributed by atoms with van der Waals surface area (Å²) in [5, 5.41) is 17.5. The molecule has 0 saturated heterocycles. The first-order valence-corrected chi connectivity index (χ1v) is 6.88. The zero-order valence-corrected chi connectivity index (χ0v) is 11.2. The molecule has 0 radical (unpaired) electrons. The van der Waals surface area contributed by atoms with Gasteiger partial charge >= 0.3 is 5.97 Å². The van der Waals surface area contributed by atoms with Crippen LogP contribution >= 0.6 is 0 Å². The Hall–Kier alpha value is -2.89. The van der Waals surface area contributed by atoms with Gasteiger partial charge in [0.2, 0.25) is 5.91 Å². The summed E-state index contributed by atoms with van der Waals surface area (Å²) < 4.78 is 27.3. The van der Waals surface area contributed by atoms with Crippen LogP contribution in [0.1, 0.15) is 10.4 Å². The van der Waals surface area contributed by atoms with Crippen LogP contribution in [-0.4, -0.2) is 45.4 Å². The van der Waals surface area contributed by atoms with Crippen molar-refractivity contribution in [2.45, 2.75) is 11.6 Å². The Labute approximate surface area is 117 Å². The van der Waals surface area contributed by atoms with Crippen LogP contribution in [0.15, 0.2) is 23.6 Å². The van der Waals surface area contributed by atoms with E-state index in [-0.39, 0.29) is 12.2 Å². The SMILES string of the molecule is NC(=O)Cn1cc(NS(=O)(=O)c2[nH]ncc2C(=O)O)cn1. The molecule has 0 spiro atoms. The van der Waals surface area contributed by atoms with E-state index in [0.717, 1.165) is 17.1 Å². The zero-order chi connectivity index (χ0) is 15.6. The maximum atomic E-state index is 12.0. The smallest absolute Gasteiger partial charge is 0.340 e. The molecule has 1 amide bonds. The fourth-order valence-electron chi connectivity index (χ4n) is 1.50. The highest BCUT2D eigenvalue weighted by Gasteiger charge is 2.25. The average Bonchev–Trinajstić information content (AvgIpc) is 2.96. The van der Waals surface area contributed by atoms with Gasteiger partial charge < -0.3 is 10.8 Å². The van der Waals surface area contributed by atoms with Crippen LogP contribution in [0.5, 0.6) is 0 Å². The normalized spacial score (nSPS) is 11.2. The summed E-state index contributed by atoms with van der Waals surface area (Å²) in [4.78, 5) is 21.6. The molecule has 2 aromatic rings. The number of hydrogen-bond donors (Lipinski definition) is 4. The van der Waals surface area contributed by atoms with Crippen LogP contribution in [-0.2, 0) is 21.4 Å². The van der Waals surface area contributed by atoms with Crippen LogP contribution in [0.25, 0.3) is 0 Å². The molecule has 2 heterocycles. The van der Waals surface area contributed by atoms with E-state index < -0.39 is 32.5 Å². The third kappa shape index (κ3) is 3.17. The van der Waals surface area contributed by atoms with Gasteiger partial charge in [0.1, 0.15) is 12.1 Å². The first kappa shape index (κ1) is 14.5. The van der Waals surface area contributed by atoms with E-state index in [0.29, 0.717) is 0 Å². The maximum absolute atomic E-state index is 12.0. The summed E-state index contributed by atoms with van der Waals surface area (Å²) in [6.07, 6.45) is 3.27. The van der Waals surface area contributed by atoms with Gasteiger partial charge in [-0.2, -0.15) is 18.6 Å². The second-order valence-electron chi connectivity index (χ2n) is 3.92. The summed E-state index contributed by atoms with van der Waals surface area (Å²) in [5.41, 5.74) is 4.52. The van der Waals surface area contributed by atoms with Gasteiger partial charge in [0, 0.05) is 6.20 Å². The minimum atomic E-state index is -4.18. The van der Waals surface area contributed by atoms with Crippen molar-refractivity contribution in [2.24, 2.45) is 5.73 Å².